The summed E-state index contributed by atoms with van der Waals surface area (Å²) in [6, 6.07) is 15.9. The van der Waals surface area contributed by atoms with Crippen molar-refractivity contribution in [2.24, 2.45) is 0 Å². The number of rotatable bonds is 11. The average molecular weight is 517 g/mol. The van der Waals surface area contributed by atoms with Crippen molar-refractivity contribution < 1.29 is 9.59 Å². The van der Waals surface area contributed by atoms with Gasteiger partial charge in [-0.2, -0.15) is 0 Å². The fourth-order valence-corrected chi connectivity index (χ4v) is 4.55. The first kappa shape index (κ1) is 28.8. The van der Waals surface area contributed by atoms with Crippen LogP contribution >= 0.6 is 0 Å². The van der Waals surface area contributed by atoms with E-state index in [0.29, 0.717) is 25.5 Å². The molecular formula is C30H40N6O2. The van der Waals surface area contributed by atoms with E-state index in [1.54, 1.807) is 30.5 Å². The fraction of sp³-hybridized carbons (Fsp3) is 0.400. The number of fused-ring (bicyclic) bond motifs is 1. The summed E-state index contributed by atoms with van der Waals surface area (Å²) in [6.07, 6.45) is 6.52. The van der Waals surface area contributed by atoms with Crippen LogP contribution in [0.4, 0.5) is 5.69 Å². The van der Waals surface area contributed by atoms with Crippen molar-refractivity contribution in [2.45, 2.75) is 53.6 Å². The Bertz CT molecular complexity index is 1190. The van der Waals surface area contributed by atoms with Crippen LogP contribution in [0.2, 0.25) is 0 Å². The zero-order valence-electron chi connectivity index (χ0n) is 22.0. The maximum atomic E-state index is 13.5. The number of nitrogens with one attached hydrogen (secondary N) is 1. The zero-order chi connectivity index (χ0) is 26.2. The number of aromatic nitrogens is 2. The second kappa shape index (κ2) is 13.7. The van der Waals surface area contributed by atoms with Gasteiger partial charge in [0.25, 0.3) is 5.91 Å². The molecule has 1 aliphatic rings. The Balaban J connectivity index is 0.00000400. The molecule has 0 saturated carbocycles. The Morgan fingerprint density at radius 3 is 2.32 bits per heavy atom. The van der Waals surface area contributed by atoms with Gasteiger partial charge in [0.1, 0.15) is 0 Å². The summed E-state index contributed by atoms with van der Waals surface area (Å²) in [4.78, 5) is 37.0. The van der Waals surface area contributed by atoms with Crippen LogP contribution in [-0.2, 0) is 22.7 Å². The van der Waals surface area contributed by atoms with Gasteiger partial charge >= 0.3 is 0 Å². The normalized spacial score (nSPS) is 12.4. The van der Waals surface area contributed by atoms with E-state index in [9.17, 15) is 9.59 Å². The van der Waals surface area contributed by atoms with Crippen molar-refractivity contribution in [3.05, 3.63) is 77.6 Å². The Morgan fingerprint density at radius 1 is 0.974 bits per heavy atom. The summed E-state index contributed by atoms with van der Waals surface area (Å²) in [6.45, 7) is 6.31. The van der Waals surface area contributed by atoms with Gasteiger partial charge in [-0.15, -0.1) is 0 Å². The van der Waals surface area contributed by atoms with Crippen LogP contribution in [0.1, 0.15) is 50.3 Å². The molecule has 1 aromatic heterocycles. The largest absolute Gasteiger partial charge is 0.355 e. The van der Waals surface area contributed by atoms with Gasteiger partial charge in [0.15, 0.2) is 5.82 Å². The third-order valence-corrected chi connectivity index (χ3v) is 6.75. The monoisotopic (exact) mass is 516 g/mol. The van der Waals surface area contributed by atoms with Crippen molar-refractivity contribution in [1.82, 2.24) is 25.3 Å². The molecule has 0 bridgehead atoms. The molecule has 0 aliphatic carbocycles. The quantitative estimate of drug-likeness (QED) is 0.376. The molecule has 0 radical (unpaired) electrons. The van der Waals surface area contributed by atoms with E-state index >= 15 is 0 Å². The molecule has 38 heavy (non-hydrogen) atoms. The maximum Gasteiger partial charge on any atom is 0.256 e. The van der Waals surface area contributed by atoms with Crippen LogP contribution in [0.15, 0.2) is 60.9 Å². The lowest BCUT2D eigenvalue weighted by molar-refractivity contribution is -0.145. The van der Waals surface area contributed by atoms with E-state index in [2.05, 4.69) is 34.3 Å². The van der Waals surface area contributed by atoms with E-state index in [4.69, 9.17) is 0 Å². The molecule has 2 aromatic carbocycles. The molecule has 3 aromatic rings. The lowest BCUT2D eigenvalue weighted by Crippen LogP contribution is -2.48. The van der Waals surface area contributed by atoms with Crippen LogP contribution in [-0.4, -0.2) is 58.5 Å². The van der Waals surface area contributed by atoms with Gasteiger partial charge in [0.05, 0.1) is 13.1 Å². The fourth-order valence-electron chi connectivity index (χ4n) is 4.55. The van der Waals surface area contributed by atoms with Crippen LogP contribution in [0, 0.1) is 6.92 Å². The molecule has 8 nitrogen and oxygen atoms in total. The van der Waals surface area contributed by atoms with Gasteiger partial charge in [-0.1, -0.05) is 63.6 Å². The van der Waals surface area contributed by atoms with Gasteiger partial charge < -0.3 is 10.2 Å². The molecule has 1 N–H and O–H groups in total. The molecule has 202 valence electrons. The molecule has 0 fully saturated rings. The minimum atomic E-state index is -0.0964. The lowest BCUT2D eigenvalue weighted by atomic mass is 10.1. The highest BCUT2D eigenvalue weighted by Crippen LogP contribution is 2.27. The summed E-state index contributed by atoms with van der Waals surface area (Å²) >= 11 is 0. The number of carbonyl (C=O) groups excluding carboxylic acids is 2. The summed E-state index contributed by atoms with van der Waals surface area (Å²) in [7, 11) is 1.80. The van der Waals surface area contributed by atoms with Gasteiger partial charge in [0, 0.05) is 50.3 Å². The number of nitrogens with zero attached hydrogens (tertiary/aromatic N) is 5. The molecule has 8 heteroatoms. The molecule has 0 saturated heterocycles. The first-order chi connectivity index (χ1) is 18.0. The Labute approximate surface area is 226 Å². The molecule has 2 amide bonds. The second-order valence-electron chi connectivity index (χ2n) is 9.50. The van der Waals surface area contributed by atoms with Crippen LogP contribution in [0.5, 0.6) is 0 Å². The molecular weight excluding hydrogens is 476 g/mol. The molecule has 2 heterocycles. The Kier molecular flexibility index (Phi) is 10.4. The number of likely N-dealkylation sites (N-methyl/N-ethyl adjacent to an activating group) is 1. The minimum absolute atomic E-state index is 0. The van der Waals surface area contributed by atoms with Crippen molar-refractivity contribution in [3.8, 4) is 11.4 Å². The zero-order valence-corrected chi connectivity index (χ0v) is 22.0. The predicted molar refractivity (Wildman–Crippen MR) is 152 cm³/mol. The summed E-state index contributed by atoms with van der Waals surface area (Å²) in [5.74, 6) is 0.430. The van der Waals surface area contributed by atoms with Crippen molar-refractivity contribution >= 4 is 17.5 Å². The third kappa shape index (κ3) is 7.16. The third-order valence-electron chi connectivity index (χ3n) is 6.75. The summed E-state index contributed by atoms with van der Waals surface area (Å²) < 4.78 is 0. The van der Waals surface area contributed by atoms with E-state index in [0.717, 1.165) is 36.1 Å². The maximum absolute atomic E-state index is 13.5. The average Bonchev–Trinajstić information content (AvgIpc) is 3.35. The van der Waals surface area contributed by atoms with E-state index in [-0.39, 0.29) is 32.3 Å². The summed E-state index contributed by atoms with van der Waals surface area (Å²) in [5, 5.41) is 6.74. The number of aryl methyl sites for hydroxylation is 1. The number of carbonyl (C=O) groups is 2. The SMILES string of the molecule is C.CCCCCNC(=O)CN(CC(=O)N(C)N1Cc2ccccc2C1)c1cc(-c2ncccn2)ccc1C. The predicted octanol–water partition coefficient (Wildman–Crippen LogP) is 4.59. The van der Waals surface area contributed by atoms with Crippen LogP contribution in [0.3, 0.4) is 0 Å². The van der Waals surface area contributed by atoms with E-state index in [1.165, 1.54) is 11.1 Å². The number of hydrogen-bond donors (Lipinski definition) is 1. The highest BCUT2D eigenvalue weighted by Gasteiger charge is 2.27. The van der Waals surface area contributed by atoms with Crippen molar-refractivity contribution in [2.75, 3.05) is 31.6 Å². The molecule has 0 unspecified atom stereocenters. The van der Waals surface area contributed by atoms with Gasteiger partial charge in [-0.05, 0) is 42.2 Å². The van der Waals surface area contributed by atoms with Crippen molar-refractivity contribution in [3.63, 3.8) is 0 Å². The molecule has 4 rings (SSSR count). The number of amides is 2. The first-order valence-corrected chi connectivity index (χ1v) is 12.9. The van der Waals surface area contributed by atoms with Gasteiger partial charge in [-0.3, -0.25) is 14.6 Å². The number of anilines is 1. The summed E-state index contributed by atoms with van der Waals surface area (Å²) in [5.41, 5.74) is 5.10. The smallest absolute Gasteiger partial charge is 0.256 e. The van der Waals surface area contributed by atoms with Crippen LogP contribution in [0.25, 0.3) is 11.4 Å². The molecule has 1 aliphatic heterocycles. The topological polar surface area (TPSA) is 81.7 Å². The van der Waals surface area contributed by atoms with Crippen molar-refractivity contribution in [1.29, 1.82) is 0 Å². The number of benzene rings is 2. The first-order valence-electron chi connectivity index (χ1n) is 12.9. The number of hydrazine groups is 1. The second-order valence-corrected chi connectivity index (χ2v) is 9.50. The highest BCUT2D eigenvalue weighted by molar-refractivity contribution is 5.87. The van der Waals surface area contributed by atoms with E-state index in [1.807, 2.05) is 47.2 Å². The number of hydrogen-bond acceptors (Lipinski definition) is 6. The minimum Gasteiger partial charge on any atom is -0.355 e. The van der Waals surface area contributed by atoms with Gasteiger partial charge in [-0.25, -0.2) is 15.0 Å². The molecule has 0 spiro atoms. The Morgan fingerprint density at radius 2 is 1.66 bits per heavy atom. The highest BCUT2D eigenvalue weighted by atomic mass is 16.2. The Hall–Kier alpha value is -3.78. The molecule has 0 atom stereocenters. The van der Waals surface area contributed by atoms with Crippen LogP contribution < -0.4 is 10.2 Å². The van der Waals surface area contributed by atoms with Gasteiger partial charge in [0.2, 0.25) is 5.91 Å². The van der Waals surface area contributed by atoms with E-state index < -0.39 is 0 Å². The number of unbranched alkanes of at least 4 members (excludes halogenated alkanes) is 2. The lowest BCUT2D eigenvalue weighted by Gasteiger charge is -2.32. The standard InChI is InChI=1S/C29H36N6O2.CH4/c1-4-5-8-14-30-27(36)20-34(26-17-23(13-12-22(26)2)29-31-15-9-16-32-29)21-28(37)33(3)35-18-24-10-6-7-11-25(24)19-35;/h6-7,9-13,15-17H,4-5,8,14,18-21H2,1-3H3,(H,30,36);1H4.